The number of nitrogens with one attached hydrogen (secondary N) is 1. The molecule has 0 aliphatic heterocycles. The topological polar surface area (TPSA) is 94.3 Å². The third-order valence-electron chi connectivity index (χ3n) is 4.14. The predicted octanol–water partition coefficient (Wildman–Crippen LogP) is 5.20. The first-order chi connectivity index (χ1) is 13.8. The van der Waals surface area contributed by atoms with Crippen molar-refractivity contribution in [1.29, 1.82) is 0 Å². The molecule has 4 aromatic rings. The molecular weight excluding hydrogens is 426 g/mol. The Kier molecular flexibility index (Phi) is 5.30. The summed E-state index contributed by atoms with van der Waals surface area (Å²) in [7, 11) is -3.83. The highest BCUT2D eigenvalue weighted by molar-refractivity contribution is 7.89. The van der Waals surface area contributed by atoms with Crippen molar-refractivity contribution in [3.8, 4) is 17.0 Å². The zero-order valence-electron chi connectivity index (χ0n) is 15.7. The molecule has 0 fully saturated rings. The summed E-state index contributed by atoms with van der Waals surface area (Å²) < 4.78 is 30.5. The number of thiazole rings is 1. The monoisotopic (exact) mass is 445 g/mol. The number of nitrogens with two attached hydrogens (primary N) is 1. The Balaban J connectivity index is 1.66. The smallest absolute Gasteiger partial charge is 0.238 e. The molecule has 0 aliphatic carbocycles. The molecule has 0 saturated carbocycles. The maximum absolute atomic E-state index is 11.7. The number of aromatic nitrogens is 1. The molecule has 0 aliphatic rings. The van der Waals surface area contributed by atoms with Crippen LogP contribution in [-0.4, -0.2) is 19.5 Å². The maximum Gasteiger partial charge on any atom is 0.238 e. The van der Waals surface area contributed by atoms with Crippen LogP contribution in [0.3, 0.4) is 0 Å². The van der Waals surface area contributed by atoms with Crippen LogP contribution in [-0.2, 0) is 10.0 Å². The van der Waals surface area contributed by atoms with Crippen LogP contribution in [0.15, 0.2) is 58.1 Å². The van der Waals surface area contributed by atoms with Gasteiger partial charge in [0.1, 0.15) is 5.75 Å². The Hall–Kier alpha value is -2.46. The minimum Gasteiger partial charge on any atom is -0.489 e. The minimum atomic E-state index is -3.83. The number of hydrogen-bond donors (Lipinski definition) is 2. The lowest BCUT2D eigenvalue weighted by atomic mass is 10.1. The first-order valence-corrected chi connectivity index (χ1v) is 12.1. The Bertz CT molecular complexity index is 1280. The van der Waals surface area contributed by atoms with Crippen molar-refractivity contribution in [2.45, 2.75) is 24.8 Å². The molecule has 0 bridgehead atoms. The number of ether oxygens (including phenoxy) is 1. The van der Waals surface area contributed by atoms with Gasteiger partial charge >= 0.3 is 0 Å². The SMILES string of the molecule is CC(C)Oc1ccc(S(N)(=O)=O)cc1Nc1nc(-c2ccc3sccc3c2)cs1. The summed E-state index contributed by atoms with van der Waals surface area (Å²) in [6.07, 6.45) is -0.0694. The van der Waals surface area contributed by atoms with Gasteiger partial charge in [0, 0.05) is 15.6 Å². The number of primary sulfonamides is 1. The highest BCUT2D eigenvalue weighted by atomic mass is 32.2. The van der Waals surface area contributed by atoms with Crippen molar-refractivity contribution in [1.82, 2.24) is 4.98 Å². The van der Waals surface area contributed by atoms with E-state index >= 15 is 0 Å². The van der Waals surface area contributed by atoms with E-state index in [0.29, 0.717) is 16.6 Å². The molecule has 2 heterocycles. The van der Waals surface area contributed by atoms with Crippen LogP contribution in [0.5, 0.6) is 5.75 Å². The molecule has 29 heavy (non-hydrogen) atoms. The summed E-state index contributed by atoms with van der Waals surface area (Å²) in [6, 6.07) is 12.8. The molecule has 0 saturated heterocycles. The molecule has 2 aromatic heterocycles. The second-order valence-electron chi connectivity index (χ2n) is 6.71. The zero-order chi connectivity index (χ0) is 20.6. The molecule has 150 valence electrons. The van der Waals surface area contributed by atoms with Gasteiger partial charge in [0.25, 0.3) is 0 Å². The van der Waals surface area contributed by atoms with Gasteiger partial charge in [-0.15, -0.1) is 22.7 Å². The Labute approximate surface area is 177 Å². The summed E-state index contributed by atoms with van der Waals surface area (Å²) in [4.78, 5) is 4.66. The number of thiophene rings is 1. The van der Waals surface area contributed by atoms with Crippen molar-refractivity contribution in [2.24, 2.45) is 5.14 Å². The van der Waals surface area contributed by atoms with E-state index in [-0.39, 0.29) is 11.0 Å². The summed E-state index contributed by atoms with van der Waals surface area (Å²) in [5.74, 6) is 0.531. The molecule has 6 nitrogen and oxygen atoms in total. The number of rotatable bonds is 6. The third-order valence-corrected chi connectivity index (χ3v) is 6.70. The van der Waals surface area contributed by atoms with E-state index in [1.54, 1.807) is 17.4 Å². The Morgan fingerprint density at radius 2 is 1.93 bits per heavy atom. The first-order valence-electron chi connectivity index (χ1n) is 8.83. The summed E-state index contributed by atoms with van der Waals surface area (Å²) in [6.45, 7) is 3.80. The number of benzene rings is 2. The van der Waals surface area contributed by atoms with Crippen LogP contribution in [0.25, 0.3) is 21.3 Å². The third kappa shape index (κ3) is 4.43. The molecule has 0 radical (unpaired) electrons. The second kappa shape index (κ2) is 7.75. The lowest BCUT2D eigenvalue weighted by Crippen LogP contribution is -2.13. The average Bonchev–Trinajstić information content (AvgIpc) is 3.30. The van der Waals surface area contributed by atoms with Gasteiger partial charge in [-0.1, -0.05) is 6.07 Å². The molecule has 3 N–H and O–H groups in total. The standard InChI is InChI=1S/C20H19N3O3S3/c1-12(2)26-18-5-4-15(29(21,24)25)10-16(18)22-20-23-17(11-28-20)13-3-6-19-14(9-13)7-8-27-19/h3-12H,1-2H3,(H,22,23)(H2,21,24,25). The quantitative estimate of drug-likeness (QED) is 0.425. The molecule has 0 amide bonds. The Morgan fingerprint density at radius 3 is 2.69 bits per heavy atom. The van der Waals surface area contributed by atoms with E-state index in [1.165, 1.54) is 33.6 Å². The average molecular weight is 446 g/mol. The van der Waals surface area contributed by atoms with Gasteiger partial charge in [-0.2, -0.15) is 0 Å². The lowest BCUT2D eigenvalue weighted by Gasteiger charge is -2.15. The highest BCUT2D eigenvalue weighted by Gasteiger charge is 2.15. The van der Waals surface area contributed by atoms with Crippen LogP contribution >= 0.6 is 22.7 Å². The summed E-state index contributed by atoms with van der Waals surface area (Å²) in [5, 5.41) is 14.3. The maximum atomic E-state index is 11.7. The fourth-order valence-corrected chi connectivity index (χ4v) is 4.89. The summed E-state index contributed by atoms with van der Waals surface area (Å²) in [5.41, 5.74) is 2.37. The zero-order valence-corrected chi connectivity index (χ0v) is 18.2. The number of anilines is 2. The molecule has 0 atom stereocenters. The normalized spacial score (nSPS) is 11.9. The van der Waals surface area contributed by atoms with Gasteiger partial charge in [0.2, 0.25) is 10.0 Å². The van der Waals surface area contributed by atoms with Crippen LogP contribution in [0, 0.1) is 0 Å². The fourth-order valence-electron chi connectivity index (χ4n) is 2.85. The fraction of sp³-hybridized carbons (Fsp3) is 0.150. The van der Waals surface area contributed by atoms with Gasteiger partial charge in [0.05, 0.1) is 22.4 Å². The molecule has 9 heteroatoms. The minimum absolute atomic E-state index is 0.01000. The highest BCUT2D eigenvalue weighted by Crippen LogP contribution is 2.34. The van der Waals surface area contributed by atoms with Crippen molar-refractivity contribution >= 4 is 53.6 Å². The van der Waals surface area contributed by atoms with Crippen molar-refractivity contribution in [2.75, 3.05) is 5.32 Å². The lowest BCUT2D eigenvalue weighted by molar-refractivity contribution is 0.243. The van der Waals surface area contributed by atoms with Crippen molar-refractivity contribution < 1.29 is 13.2 Å². The predicted molar refractivity (Wildman–Crippen MR) is 120 cm³/mol. The van der Waals surface area contributed by atoms with Crippen molar-refractivity contribution in [3.63, 3.8) is 0 Å². The van der Waals surface area contributed by atoms with Gasteiger partial charge in [-0.25, -0.2) is 18.5 Å². The largest absolute Gasteiger partial charge is 0.489 e. The second-order valence-corrected chi connectivity index (χ2v) is 10.1. The van der Waals surface area contributed by atoms with Crippen LogP contribution in [0.4, 0.5) is 10.8 Å². The molecular formula is C20H19N3O3S3. The van der Waals surface area contributed by atoms with Gasteiger partial charge < -0.3 is 10.1 Å². The molecule has 0 unspecified atom stereocenters. The number of hydrogen-bond acceptors (Lipinski definition) is 7. The molecule has 2 aromatic carbocycles. The van der Waals surface area contributed by atoms with Crippen LogP contribution in [0.2, 0.25) is 0 Å². The number of nitrogens with zero attached hydrogens (tertiary/aromatic N) is 1. The first kappa shape index (κ1) is 19.8. The summed E-state index contributed by atoms with van der Waals surface area (Å²) >= 11 is 3.14. The van der Waals surface area contributed by atoms with Crippen molar-refractivity contribution in [3.05, 3.63) is 53.2 Å². The van der Waals surface area contributed by atoms with E-state index in [9.17, 15) is 8.42 Å². The van der Waals surface area contributed by atoms with Gasteiger partial charge in [-0.05, 0) is 61.0 Å². The van der Waals surface area contributed by atoms with Crippen LogP contribution in [0.1, 0.15) is 13.8 Å². The molecule has 4 rings (SSSR count). The van der Waals surface area contributed by atoms with E-state index < -0.39 is 10.0 Å². The van der Waals surface area contributed by atoms with E-state index in [2.05, 4.69) is 33.9 Å². The number of fused-ring (bicyclic) bond motifs is 1. The van der Waals surface area contributed by atoms with E-state index in [1.807, 2.05) is 25.3 Å². The van der Waals surface area contributed by atoms with Crippen LogP contribution < -0.4 is 15.2 Å². The van der Waals surface area contributed by atoms with Gasteiger partial charge in [-0.3, -0.25) is 0 Å². The number of sulfonamides is 1. The van der Waals surface area contributed by atoms with Gasteiger partial charge in [0.15, 0.2) is 5.13 Å². The molecule has 0 spiro atoms. The van der Waals surface area contributed by atoms with E-state index in [4.69, 9.17) is 9.88 Å². The van der Waals surface area contributed by atoms with E-state index in [0.717, 1.165) is 11.3 Å². The Morgan fingerprint density at radius 1 is 1.10 bits per heavy atom.